The summed E-state index contributed by atoms with van der Waals surface area (Å²) in [4.78, 5) is 16.1. The third-order valence-electron chi connectivity index (χ3n) is 3.59. The zero-order valence-electron chi connectivity index (χ0n) is 13.5. The number of benzene rings is 2. The molecule has 3 aromatic rings. The van der Waals surface area contributed by atoms with E-state index in [2.05, 4.69) is 4.98 Å². The molecule has 0 spiro atoms. The second-order valence-electron chi connectivity index (χ2n) is 5.03. The first-order valence-corrected chi connectivity index (χ1v) is 7.59. The van der Waals surface area contributed by atoms with Gasteiger partial charge in [0.15, 0.2) is 17.8 Å². The van der Waals surface area contributed by atoms with E-state index in [9.17, 15) is 4.79 Å². The molecule has 122 valence electrons. The zero-order valence-corrected chi connectivity index (χ0v) is 13.5. The number of carbonyl (C=O) groups excluding carboxylic acids is 1. The van der Waals surface area contributed by atoms with Crippen LogP contribution in [0.15, 0.2) is 59.3 Å². The summed E-state index contributed by atoms with van der Waals surface area (Å²) >= 11 is 0. The van der Waals surface area contributed by atoms with Crippen LogP contribution >= 0.6 is 0 Å². The number of hydrogen-bond acceptors (Lipinski definition) is 5. The van der Waals surface area contributed by atoms with Gasteiger partial charge < -0.3 is 13.9 Å². The number of carbonyl (C=O) groups is 1. The van der Waals surface area contributed by atoms with Gasteiger partial charge >= 0.3 is 5.97 Å². The quantitative estimate of drug-likeness (QED) is 0.659. The predicted molar refractivity (Wildman–Crippen MR) is 89.9 cm³/mol. The molecule has 0 aliphatic carbocycles. The van der Waals surface area contributed by atoms with Crippen molar-refractivity contribution in [1.82, 2.24) is 4.98 Å². The minimum atomic E-state index is -0.498. The molecule has 0 unspecified atom stereocenters. The molecule has 0 fully saturated rings. The Kier molecular flexibility index (Phi) is 4.61. The van der Waals surface area contributed by atoms with Crippen LogP contribution in [0.2, 0.25) is 0 Å². The van der Waals surface area contributed by atoms with Crippen LogP contribution in [0, 0.1) is 0 Å². The molecule has 1 heterocycles. The minimum Gasteiger partial charge on any atom is -0.497 e. The molecule has 24 heavy (non-hydrogen) atoms. The van der Waals surface area contributed by atoms with Crippen LogP contribution in [0.1, 0.15) is 17.4 Å². The fraction of sp³-hybridized carbons (Fsp3) is 0.158. The summed E-state index contributed by atoms with van der Waals surface area (Å²) in [6.45, 7) is 2.03. The van der Waals surface area contributed by atoms with Crippen molar-refractivity contribution >= 4 is 5.97 Å². The average Bonchev–Trinajstić information content (AvgIpc) is 3.12. The largest absolute Gasteiger partial charge is 0.497 e. The second-order valence-corrected chi connectivity index (χ2v) is 5.03. The number of nitrogens with zero attached hydrogens (tertiary/aromatic N) is 1. The SMILES string of the molecule is CCOC(=O)c1ncoc1-c1ccccc1-c1cccc(OC)c1. The summed E-state index contributed by atoms with van der Waals surface area (Å²) in [6.07, 6.45) is 1.25. The third-order valence-corrected chi connectivity index (χ3v) is 3.59. The van der Waals surface area contributed by atoms with Crippen molar-refractivity contribution in [2.45, 2.75) is 6.92 Å². The highest BCUT2D eigenvalue weighted by Gasteiger charge is 2.21. The topological polar surface area (TPSA) is 61.6 Å². The van der Waals surface area contributed by atoms with Gasteiger partial charge in [-0.25, -0.2) is 9.78 Å². The number of ether oxygens (including phenoxy) is 2. The Morgan fingerprint density at radius 3 is 2.67 bits per heavy atom. The van der Waals surface area contributed by atoms with Gasteiger partial charge in [0.1, 0.15) is 5.75 Å². The Bertz CT molecular complexity index is 854. The Morgan fingerprint density at radius 1 is 1.12 bits per heavy atom. The van der Waals surface area contributed by atoms with Gasteiger partial charge in [0.2, 0.25) is 0 Å². The number of rotatable bonds is 5. The van der Waals surface area contributed by atoms with Gasteiger partial charge in [0, 0.05) is 5.56 Å². The predicted octanol–water partition coefficient (Wildman–Crippen LogP) is 4.19. The first kappa shape index (κ1) is 15.8. The number of hydrogen-bond donors (Lipinski definition) is 0. The van der Waals surface area contributed by atoms with E-state index in [4.69, 9.17) is 13.9 Å². The van der Waals surface area contributed by atoms with Crippen molar-refractivity contribution in [2.24, 2.45) is 0 Å². The molecule has 0 radical (unpaired) electrons. The maximum Gasteiger partial charge on any atom is 0.360 e. The molecule has 2 aromatic carbocycles. The summed E-state index contributed by atoms with van der Waals surface area (Å²) in [5, 5.41) is 0. The van der Waals surface area contributed by atoms with Gasteiger partial charge in [0.25, 0.3) is 0 Å². The highest BCUT2D eigenvalue weighted by Crippen LogP contribution is 2.35. The highest BCUT2D eigenvalue weighted by molar-refractivity contribution is 5.96. The Balaban J connectivity index is 2.11. The lowest BCUT2D eigenvalue weighted by Gasteiger charge is -2.10. The molecule has 1 aromatic heterocycles. The van der Waals surface area contributed by atoms with E-state index in [-0.39, 0.29) is 12.3 Å². The molecule has 0 aliphatic heterocycles. The van der Waals surface area contributed by atoms with Crippen LogP contribution in [-0.4, -0.2) is 24.7 Å². The van der Waals surface area contributed by atoms with Crippen LogP contribution in [0.3, 0.4) is 0 Å². The van der Waals surface area contributed by atoms with Crippen LogP contribution in [0.4, 0.5) is 0 Å². The minimum absolute atomic E-state index is 0.173. The Hall–Kier alpha value is -3.08. The van der Waals surface area contributed by atoms with Gasteiger partial charge in [-0.05, 0) is 30.2 Å². The van der Waals surface area contributed by atoms with E-state index in [0.717, 1.165) is 22.4 Å². The molecule has 0 aliphatic rings. The normalized spacial score (nSPS) is 10.4. The molecule has 5 nitrogen and oxygen atoms in total. The van der Waals surface area contributed by atoms with Crippen molar-refractivity contribution in [1.29, 1.82) is 0 Å². The number of aromatic nitrogens is 1. The zero-order chi connectivity index (χ0) is 16.9. The molecule has 0 bridgehead atoms. The summed E-state index contributed by atoms with van der Waals surface area (Å²) in [6, 6.07) is 15.4. The van der Waals surface area contributed by atoms with Crippen LogP contribution in [-0.2, 0) is 4.74 Å². The standard InChI is InChI=1S/C19H17NO4/c1-3-23-19(21)17-18(24-12-20-17)16-10-5-4-9-15(16)13-7-6-8-14(11-13)22-2/h4-12H,3H2,1-2H3. The number of esters is 1. The van der Waals surface area contributed by atoms with Gasteiger partial charge in [0.05, 0.1) is 13.7 Å². The average molecular weight is 323 g/mol. The Labute approximate surface area is 139 Å². The molecule has 3 rings (SSSR count). The molecule has 0 amide bonds. The van der Waals surface area contributed by atoms with Gasteiger partial charge in [-0.3, -0.25) is 0 Å². The van der Waals surface area contributed by atoms with Crippen molar-refractivity contribution in [3.8, 4) is 28.2 Å². The van der Waals surface area contributed by atoms with Crippen molar-refractivity contribution < 1.29 is 18.7 Å². The van der Waals surface area contributed by atoms with Gasteiger partial charge in [-0.1, -0.05) is 36.4 Å². The maximum absolute atomic E-state index is 12.1. The fourth-order valence-corrected chi connectivity index (χ4v) is 2.51. The van der Waals surface area contributed by atoms with Crippen molar-refractivity contribution in [3.05, 3.63) is 60.6 Å². The lowest BCUT2D eigenvalue weighted by Crippen LogP contribution is -2.06. The summed E-state index contributed by atoms with van der Waals surface area (Å²) in [5.41, 5.74) is 2.81. The summed E-state index contributed by atoms with van der Waals surface area (Å²) < 4.78 is 15.8. The van der Waals surface area contributed by atoms with Crippen LogP contribution in [0.5, 0.6) is 5.75 Å². The summed E-state index contributed by atoms with van der Waals surface area (Å²) in [7, 11) is 1.63. The lowest BCUT2D eigenvalue weighted by atomic mass is 9.97. The highest BCUT2D eigenvalue weighted by atomic mass is 16.5. The second kappa shape index (κ2) is 7.00. The van der Waals surface area contributed by atoms with E-state index in [1.54, 1.807) is 14.0 Å². The first-order chi connectivity index (χ1) is 11.7. The lowest BCUT2D eigenvalue weighted by molar-refractivity contribution is 0.0520. The molecule has 0 N–H and O–H groups in total. The Morgan fingerprint density at radius 2 is 1.92 bits per heavy atom. The molecule has 0 saturated heterocycles. The first-order valence-electron chi connectivity index (χ1n) is 7.59. The van der Waals surface area contributed by atoms with Gasteiger partial charge in [-0.2, -0.15) is 0 Å². The number of oxazole rings is 1. The molecule has 5 heteroatoms. The van der Waals surface area contributed by atoms with Crippen LogP contribution < -0.4 is 4.74 Å². The van der Waals surface area contributed by atoms with Crippen molar-refractivity contribution in [2.75, 3.05) is 13.7 Å². The van der Waals surface area contributed by atoms with Crippen molar-refractivity contribution in [3.63, 3.8) is 0 Å². The van der Waals surface area contributed by atoms with E-state index >= 15 is 0 Å². The number of methoxy groups -OCH3 is 1. The van der Waals surface area contributed by atoms with E-state index in [1.807, 2.05) is 48.5 Å². The summed E-state index contributed by atoms with van der Waals surface area (Å²) in [5.74, 6) is 0.652. The van der Waals surface area contributed by atoms with Gasteiger partial charge in [-0.15, -0.1) is 0 Å². The third kappa shape index (κ3) is 3.01. The van der Waals surface area contributed by atoms with E-state index in [0.29, 0.717) is 5.76 Å². The van der Waals surface area contributed by atoms with E-state index in [1.165, 1.54) is 6.39 Å². The fourth-order valence-electron chi connectivity index (χ4n) is 2.51. The molecular weight excluding hydrogens is 306 g/mol. The molecular formula is C19H17NO4. The smallest absolute Gasteiger partial charge is 0.360 e. The van der Waals surface area contributed by atoms with E-state index < -0.39 is 5.97 Å². The molecule has 0 atom stereocenters. The van der Waals surface area contributed by atoms with Crippen LogP contribution in [0.25, 0.3) is 22.5 Å². The monoisotopic (exact) mass is 323 g/mol. The molecule has 0 saturated carbocycles. The maximum atomic E-state index is 12.1.